The van der Waals surface area contributed by atoms with E-state index in [0.717, 1.165) is 5.56 Å². The van der Waals surface area contributed by atoms with Gasteiger partial charge in [0.2, 0.25) is 5.91 Å². The van der Waals surface area contributed by atoms with E-state index in [4.69, 9.17) is 16.3 Å². The molecule has 0 heterocycles. The Kier molecular flexibility index (Phi) is 11.2. The summed E-state index contributed by atoms with van der Waals surface area (Å²) in [5.74, 6) is -0.941. The summed E-state index contributed by atoms with van der Waals surface area (Å²) >= 11 is 6.48. The number of phenolic OH excluding ortho intramolecular Hbond substituents is 2. The topological polar surface area (TPSA) is 128 Å². The van der Waals surface area contributed by atoms with Crippen LogP contribution in [0.2, 0.25) is 5.02 Å². The van der Waals surface area contributed by atoms with Crippen molar-refractivity contribution in [2.24, 2.45) is 0 Å². The normalized spacial score (nSPS) is 13.0. The fourth-order valence-electron chi connectivity index (χ4n) is 4.88. The summed E-state index contributed by atoms with van der Waals surface area (Å²) in [5.41, 5.74) is 1.08. The zero-order chi connectivity index (χ0) is 33.7. The Bertz CT molecular complexity index is 1510. The highest BCUT2D eigenvalue weighted by Gasteiger charge is 2.43. The zero-order valence-corrected chi connectivity index (χ0v) is 28.0. The standard InChI is InChI=1S/C35H44ClN3O6/c1-9-35(7,8)39(32(43)27(37-33(44)45-34(4,5)6)20-23-13-16-25(40)17-14-23)30(24-15-18-28(41)22(3)19-24)31(42)38-29-21(2)11-10-12-26(29)36/h10-19,27,30,40-41H,9,20H2,1-8H3,(H,37,44)(H,38,42). The van der Waals surface area contributed by atoms with Gasteiger partial charge in [-0.3, -0.25) is 9.59 Å². The van der Waals surface area contributed by atoms with E-state index in [1.54, 1.807) is 64.1 Å². The molecule has 0 radical (unpaired) electrons. The molecule has 0 aliphatic carbocycles. The number of anilines is 1. The molecule has 3 aromatic rings. The quantitative estimate of drug-likeness (QED) is 0.186. The van der Waals surface area contributed by atoms with E-state index < -0.39 is 41.1 Å². The number of rotatable bonds is 10. The molecule has 0 saturated carbocycles. The van der Waals surface area contributed by atoms with E-state index in [-0.39, 0.29) is 17.9 Å². The smallest absolute Gasteiger partial charge is 0.408 e. The van der Waals surface area contributed by atoms with Crippen molar-refractivity contribution >= 4 is 35.2 Å². The lowest BCUT2D eigenvalue weighted by Crippen LogP contribution is -2.59. The maximum absolute atomic E-state index is 14.8. The van der Waals surface area contributed by atoms with Crippen LogP contribution in [0, 0.1) is 13.8 Å². The van der Waals surface area contributed by atoms with Gasteiger partial charge in [-0.2, -0.15) is 0 Å². The second-order valence-electron chi connectivity index (χ2n) is 12.8. The number of ether oxygens (including phenoxy) is 1. The van der Waals surface area contributed by atoms with Crippen molar-refractivity contribution in [1.29, 1.82) is 0 Å². The van der Waals surface area contributed by atoms with Crippen LogP contribution in [0.1, 0.15) is 76.3 Å². The van der Waals surface area contributed by atoms with Gasteiger partial charge in [0, 0.05) is 12.0 Å². The molecule has 45 heavy (non-hydrogen) atoms. The van der Waals surface area contributed by atoms with E-state index >= 15 is 0 Å². The number of benzene rings is 3. The molecule has 0 aliphatic rings. The summed E-state index contributed by atoms with van der Waals surface area (Å²) in [5, 5.41) is 26.2. The summed E-state index contributed by atoms with van der Waals surface area (Å²) in [4.78, 5) is 43.8. The van der Waals surface area contributed by atoms with E-state index in [0.29, 0.717) is 33.8 Å². The fraction of sp³-hybridized carbons (Fsp3) is 0.400. The molecule has 0 spiro atoms. The van der Waals surface area contributed by atoms with Crippen LogP contribution in [0.5, 0.6) is 11.5 Å². The Morgan fingerprint density at radius 3 is 2.13 bits per heavy atom. The Morgan fingerprint density at radius 1 is 0.933 bits per heavy atom. The predicted molar refractivity (Wildman–Crippen MR) is 177 cm³/mol. The minimum absolute atomic E-state index is 0.0456. The highest BCUT2D eigenvalue weighted by atomic mass is 35.5. The third kappa shape index (κ3) is 9.14. The van der Waals surface area contributed by atoms with Gasteiger partial charge >= 0.3 is 6.09 Å². The number of hydrogen-bond acceptors (Lipinski definition) is 6. The lowest BCUT2D eigenvalue weighted by Gasteiger charge is -2.44. The number of para-hydroxylation sites is 1. The second kappa shape index (κ2) is 14.2. The van der Waals surface area contributed by atoms with Gasteiger partial charge in [0.15, 0.2) is 0 Å². The van der Waals surface area contributed by atoms with Gasteiger partial charge in [-0.15, -0.1) is 0 Å². The van der Waals surface area contributed by atoms with Gasteiger partial charge in [0.1, 0.15) is 29.2 Å². The highest BCUT2D eigenvalue weighted by molar-refractivity contribution is 6.34. The van der Waals surface area contributed by atoms with E-state index in [1.165, 1.54) is 23.1 Å². The molecular formula is C35H44ClN3O6. The molecule has 3 aromatic carbocycles. The van der Waals surface area contributed by atoms with Gasteiger partial charge < -0.3 is 30.5 Å². The molecule has 242 valence electrons. The van der Waals surface area contributed by atoms with Crippen molar-refractivity contribution in [3.05, 3.63) is 87.9 Å². The first-order chi connectivity index (χ1) is 20.9. The molecule has 3 amide bonds. The molecule has 2 atom stereocenters. The SMILES string of the molecule is CCC(C)(C)N(C(=O)C(Cc1ccc(O)cc1)NC(=O)OC(C)(C)C)C(C(=O)Nc1c(C)cccc1Cl)c1ccc(O)c(C)c1. The maximum Gasteiger partial charge on any atom is 0.408 e. The average molecular weight is 638 g/mol. The van der Waals surface area contributed by atoms with Crippen LogP contribution < -0.4 is 10.6 Å². The number of carbonyl (C=O) groups excluding carboxylic acids is 3. The Hall–Kier alpha value is -4.24. The first-order valence-corrected chi connectivity index (χ1v) is 15.3. The number of aryl methyl sites for hydroxylation is 2. The maximum atomic E-state index is 14.8. The van der Waals surface area contributed by atoms with Gasteiger partial charge in [-0.1, -0.05) is 48.9 Å². The van der Waals surface area contributed by atoms with Crippen LogP contribution in [0.3, 0.4) is 0 Å². The Balaban J connectivity index is 2.20. The molecule has 3 rings (SSSR count). The number of halogens is 1. The minimum atomic E-state index is -1.19. The number of nitrogens with zero attached hydrogens (tertiary/aromatic N) is 1. The number of aromatic hydroxyl groups is 2. The van der Waals surface area contributed by atoms with Crippen LogP contribution in [-0.4, -0.2) is 50.2 Å². The number of amides is 3. The van der Waals surface area contributed by atoms with E-state index in [9.17, 15) is 24.6 Å². The molecule has 0 saturated heterocycles. The molecule has 4 N–H and O–H groups in total. The van der Waals surface area contributed by atoms with Crippen LogP contribution in [0.4, 0.5) is 10.5 Å². The fourth-order valence-corrected chi connectivity index (χ4v) is 5.15. The summed E-state index contributed by atoms with van der Waals surface area (Å²) in [6.45, 7) is 14.3. The van der Waals surface area contributed by atoms with Gasteiger partial charge in [-0.05, 0) is 107 Å². The Morgan fingerprint density at radius 2 is 1.58 bits per heavy atom. The van der Waals surface area contributed by atoms with Gasteiger partial charge in [-0.25, -0.2) is 4.79 Å². The van der Waals surface area contributed by atoms with Crippen molar-refractivity contribution in [2.45, 2.75) is 91.5 Å². The summed E-state index contributed by atoms with van der Waals surface area (Å²) in [7, 11) is 0. The number of nitrogens with one attached hydrogen (secondary N) is 2. The molecular weight excluding hydrogens is 594 g/mol. The number of alkyl carbamates (subject to hydrolysis) is 1. The van der Waals surface area contributed by atoms with Crippen LogP contribution in [-0.2, 0) is 20.7 Å². The van der Waals surface area contributed by atoms with Crippen molar-refractivity contribution in [2.75, 3.05) is 5.32 Å². The third-order valence-corrected chi connectivity index (χ3v) is 7.95. The van der Waals surface area contributed by atoms with Crippen LogP contribution in [0.25, 0.3) is 0 Å². The molecule has 0 bridgehead atoms. The first-order valence-electron chi connectivity index (χ1n) is 14.9. The highest BCUT2D eigenvalue weighted by Crippen LogP contribution is 2.36. The molecule has 10 heteroatoms. The average Bonchev–Trinajstić information content (AvgIpc) is 2.94. The third-order valence-electron chi connectivity index (χ3n) is 7.63. The summed E-state index contributed by atoms with van der Waals surface area (Å²) < 4.78 is 5.51. The number of carbonyl (C=O) groups is 3. The summed E-state index contributed by atoms with van der Waals surface area (Å²) in [6, 6.07) is 14.0. The molecule has 0 aromatic heterocycles. The van der Waals surface area contributed by atoms with E-state index in [1.807, 2.05) is 33.8 Å². The van der Waals surface area contributed by atoms with Gasteiger partial charge in [0.25, 0.3) is 5.91 Å². The molecule has 2 unspecified atom stereocenters. The molecule has 0 aliphatic heterocycles. The lowest BCUT2D eigenvalue weighted by molar-refractivity contribution is -0.147. The van der Waals surface area contributed by atoms with Gasteiger partial charge in [0.05, 0.1) is 10.7 Å². The minimum Gasteiger partial charge on any atom is -0.508 e. The molecule has 0 fully saturated rings. The number of phenols is 2. The predicted octanol–water partition coefficient (Wildman–Crippen LogP) is 7.20. The first kappa shape index (κ1) is 35.2. The largest absolute Gasteiger partial charge is 0.508 e. The van der Waals surface area contributed by atoms with Crippen LogP contribution in [0.15, 0.2) is 60.7 Å². The van der Waals surface area contributed by atoms with E-state index in [2.05, 4.69) is 10.6 Å². The monoisotopic (exact) mass is 637 g/mol. The zero-order valence-electron chi connectivity index (χ0n) is 27.2. The lowest BCUT2D eigenvalue weighted by atomic mass is 9.90. The van der Waals surface area contributed by atoms with Crippen LogP contribution >= 0.6 is 11.6 Å². The van der Waals surface area contributed by atoms with Crippen molar-refractivity contribution in [3.8, 4) is 11.5 Å². The molecule has 9 nitrogen and oxygen atoms in total. The summed E-state index contributed by atoms with van der Waals surface area (Å²) in [6.07, 6.45) is -0.272. The number of hydrogen-bond donors (Lipinski definition) is 4. The Labute approximate surface area is 270 Å². The van der Waals surface area contributed by atoms with Crippen molar-refractivity contribution in [1.82, 2.24) is 10.2 Å². The second-order valence-corrected chi connectivity index (χ2v) is 13.2. The van der Waals surface area contributed by atoms with Crippen molar-refractivity contribution in [3.63, 3.8) is 0 Å². The van der Waals surface area contributed by atoms with Crippen molar-refractivity contribution < 1.29 is 29.3 Å².